The highest BCUT2D eigenvalue weighted by molar-refractivity contribution is 6.42. The van der Waals surface area contributed by atoms with Crippen molar-refractivity contribution in [3.8, 4) is 0 Å². The lowest BCUT2D eigenvalue weighted by atomic mass is 10.2. The number of benzene rings is 2. The fraction of sp³-hybridized carbons (Fsp3) is 0.0667. The van der Waals surface area contributed by atoms with E-state index in [-0.39, 0.29) is 24.3 Å². The van der Waals surface area contributed by atoms with Gasteiger partial charge in [-0.15, -0.1) is 12.4 Å². The summed E-state index contributed by atoms with van der Waals surface area (Å²) in [6, 6.07) is 12.3. The Bertz CT molecular complexity index is 744. The van der Waals surface area contributed by atoms with E-state index in [1.54, 1.807) is 30.3 Å². The van der Waals surface area contributed by atoms with Crippen molar-refractivity contribution in [2.75, 3.05) is 5.32 Å². The fourth-order valence-corrected chi connectivity index (χ4v) is 2.09. The lowest BCUT2D eigenvalue weighted by Gasteiger charge is -2.06. The van der Waals surface area contributed by atoms with E-state index in [0.29, 0.717) is 27.3 Å². The molecule has 0 aromatic heterocycles. The van der Waals surface area contributed by atoms with Crippen LogP contribution in [0.25, 0.3) is 0 Å². The Balaban J connectivity index is 0.00000288. The molecule has 0 aliphatic carbocycles. The predicted molar refractivity (Wildman–Crippen MR) is 106 cm³/mol. The number of nitrogens with one attached hydrogen (secondary N) is 1. The SMILES string of the molecule is Cl.NC(=NCc1ccc(Cl)cc1)/N=C(\N)Nc1ccc(Cl)c(Cl)c1. The van der Waals surface area contributed by atoms with Gasteiger partial charge in [0.05, 0.1) is 16.6 Å². The molecule has 128 valence electrons. The Morgan fingerprint density at radius 2 is 1.62 bits per heavy atom. The Morgan fingerprint density at radius 3 is 2.25 bits per heavy atom. The molecule has 0 saturated carbocycles. The second kappa shape index (κ2) is 9.59. The monoisotopic (exact) mass is 405 g/mol. The Labute approximate surface area is 161 Å². The van der Waals surface area contributed by atoms with Gasteiger partial charge in [0.1, 0.15) is 0 Å². The maximum absolute atomic E-state index is 5.92. The molecule has 9 heteroatoms. The minimum Gasteiger partial charge on any atom is -0.369 e. The van der Waals surface area contributed by atoms with Crippen molar-refractivity contribution < 1.29 is 0 Å². The van der Waals surface area contributed by atoms with Gasteiger partial charge in [0.2, 0.25) is 11.9 Å². The molecule has 2 rings (SSSR count). The van der Waals surface area contributed by atoms with Crippen molar-refractivity contribution in [1.29, 1.82) is 0 Å². The molecular weight excluding hydrogens is 392 g/mol. The van der Waals surface area contributed by atoms with Crippen LogP contribution in [0.5, 0.6) is 0 Å². The third-order valence-corrected chi connectivity index (χ3v) is 3.75. The van der Waals surface area contributed by atoms with Crippen LogP contribution in [0.1, 0.15) is 5.56 Å². The average molecular weight is 407 g/mol. The molecule has 24 heavy (non-hydrogen) atoms. The van der Waals surface area contributed by atoms with Crippen LogP contribution in [0.3, 0.4) is 0 Å². The van der Waals surface area contributed by atoms with Gasteiger partial charge in [0, 0.05) is 10.7 Å². The molecule has 5 nitrogen and oxygen atoms in total. The largest absolute Gasteiger partial charge is 0.369 e. The van der Waals surface area contributed by atoms with E-state index in [2.05, 4.69) is 15.3 Å². The van der Waals surface area contributed by atoms with Crippen LogP contribution in [-0.2, 0) is 6.54 Å². The van der Waals surface area contributed by atoms with Gasteiger partial charge in [-0.1, -0.05) is 46.9 Å². The molecule has 0 heterocycles. The summed E-state index contributed by atoms with van der Waals surface area (Å²) < 4.78 is 0. The molecule has 0 aliphatic rings. The van der Waals surface area contributed by atoms with Crippen LogP contribution in [0.15, 0.2) is 52.4 Å². The number of anilines is 1. The van der Waals surface area contributed by atoms with E-state index >= 15 is 0 Å². The summed E-state index contributed by atoms with van der Waals surface area (Å²) in [6.45, 7) is 0.382. The lowest BCUT2D eigenvalue weighted by molar-refractivity contribution is 1.05. The molecule has 0 aliphatic heterocycles. The van der Waals surface area contributed by atoms with Crippen LogP contribution in [0, 0.1) is 0 Å². The van der Waals surface area contributed by atoms with Gasteiger partial charge in [-0.05, 0) is 35.9 Å². The second-order valence-electron chi connectivity index (χ2n) is 4.55. The molecule has 0 saturated heterocycles. The zero-order valence-electron chi connectivity index (χ0n) is 12.3. The fourth-order valence-electron chi connectivity index (χ4n) is 1.67. The molecule has 2 aromatic carbocycles. The van der Waals surface area contributed by atoms with Crippen molar-refractivity contribution in [1.82, 2.24) is 0 Å². The third-order valence-electron chi connectivity index (χ3n) is 2.76. The van der Waals surface area contributed by atoms with Gasteiger partial charge >= 0.3 is 0 Å². The van der Waals surface area contributed by atoms with Crippen LogP contribution in [0.2, 0.25) is 15.1 Å². The van der Waals surface area contributed by atoms with Gasteiger partial charge < -0.3 is 16.8 Å². The zero-order chi connectivity index (χ0) is 16.8. The number of halogens is 4. The summed E-state index contributed by atoms with van der Waals surface area (Å²) in [5.74, 6) is 0.158. The van der Waals surface area contributed by atoms with E-state index in [0.717, 1.165) is 5.56 Å². The molecule has 0 amide bonds. The Kier molecular flexibility index (Phi) is 8.15. The second-order valence-corrected chi connectivity index (χ2v) is 5.80. The Hall–Kier alpha value is -1.66. The van der Waals surface area contributed by atoms with Gasteiger partial charge in [0.25, 0.3) is 0 Å². The molecule has 0 bridgehead atoms. The van der Waals surface area contributed by atoms with Crippen LogP contribution in [-0.4, -0.2) is 11.9 Å². The quantitative estimate of drug-likeness (QED) is 0.524. The summed E-state index contributed by atoms with van der Waals surface area (Å²) in [7, 11) is 0. The van der Waals surface area contributed by atoms with E-state index in [1.807, 2.05) is 12.1 Å². The average Bonchev–Trinajstić information content (AvgIpc) is 2.50. The first-order chi connectivity index (χ1) is 10.9. The maximum atomic E-state index is 5.92. The first-order valence-corrected chi connectivity index (χ1v) is 7.68. The zero-order valence-corrected chi connectivity index (χ0v) is 15.4. The van der Waals surface area contributed by atoms with Crippen LogP contribution < -0.4 is 16.8 Å². The van der Waals surface area contributed by atoms with Gasteiger partial charge in [-0.25, -0.2) is 4.99 Å². The number of nitrogens with zero attached hydrogens (tertiary/aromatic N) is 2. The van der Waals surface area contributed by atoms with Crippen molar-refractivity contribution in [2.24, 2.45) is 21.5 Å². The molecule has 0 fully saturated rings. The highest BCUT2D eigenvalue weighted by atomic mass is 35.5. The highest BCUT2D eigenvalue weighted by Gasteiger charge is 2.01. The van der Waals surface area contributed by atoms with E-state index < -0.39 is 0 Å². The molecule has 0 atom stereocenters. The van der Waals surface area contributed by atoms with E-state index in [4.69, 9.17) is 46.3 Å². The molecule has 0 spiro atoms. The summed E-state index contributed by atoms with van der Waals surface area (Å²) in [5.41, 5.74) is 13.1. The summed E-state index contributed by atoms with van der Waals surface area (Å²) in [5, 5.41) is 4.38. The molecule has 0 unspecified atom stereocenters. The van der Waals surface area contributed by atoms with Crippen LogP contribution in [0.4, 0.5) is 5.69 Å². The summed E-state index contributed by atoms with van der Waals surface area (Å²) >= 11 is 17.6. The number of aliphatic imine (C=N–C) groups is 2. The third kappa shape index (κ3) is 6.45. The number of hydrogen-bond donors (Lipinski definition) is 3. The van der Waals surface area contributed by atoms with Crippen molar-refractivity contribution in [3.63, 3.8) is 0 Å². The first kappa shape index (κ1) is 20.4. The minimum absolute atomic E-state index is 0. The molecule has 5 N–H and O–H groups in total. The number of rotatable bonds is 3. The van der Waals surface area contributed by atoms with Gasteiger partial charge in [-0.2, -0.15) is 4.99 Å². The highest BCUT2D eigenvalue weighted by Crippen LogP contribution is 2.24. The first-order valence-electron chi connectivity index (χ1n) is 6.54. The lowest BCUT2D eigenvalue weighted by Crippen LogP contribution is -2.26. The van der Waals surface area contributed by atoms with Gasteiger partial charge in [-0.3, -0.25) is 0 Å². The minimum atomic E-state index is 0. The Morgan fingerprint density at radius 1 is 0.958 bits per heavy atom. The topological polar surface area (TPSA) is 88.8 Å². The molecule has 2 aromatic rings. The molecular formula is C15H15Cl4N5. The van der Waals surface area contributed by atoms with Crippen molar-refractivity contribution in [3.05, 3.63) is 63.1 Å². The van der Waals surface area contributed by atoms with Crippen molar-refractivity contribution in [2.45, 2.75) is 6.54 Å². The maximum Gasteiger partial charge on any atom is 0.218 e. The number of guanidine groups is 2. The van der Waals surface area contributed by atoms with Gasteiger partial charge in [0.15, 0.2) is 0 Å². The number of hydrogen-bond acceptors (Lipinski definition) is 1. The van der Waals surface area contributed by atoms with Crippen molar-refractivity contribution >= 4 is 64.8 Å². The van der Waals surface area contributed by atoms with E-state index in [1.165, 1.54) is 0 Å². The van der Waals surface area contributed by atoms with E-state index in [9.17, 15) is 0 Å². The predicted octanol–water partition coefficient (Wildman–Crippen LogP) is 4.31. The molecule has 0 radical (unpaired) electrons. The van der Waals surface area contributed by atoms with Crippen LogP contribution >= 0.6 is 47.2 Å². The standard InChI is InChI=1S/C15H14Cl3N5.ClH/c16-10-3-1-9(2-4-10)8-21-14(19)23-15(20)22-11-5-6-12(17)13(18)7-11;/h1-7H,8H2,(H5,19,20,21,22,23);1H. The summed E-state index contributed by atoms with van der Waals surface area (Å²) in [4.78, 5) is 8.10. The smallest absolute Gasteiger partial charge is 0.218 e. The summed E-state index contributed by atoms with van der Waals surface area (Å²) in [6.07, 6.45) is 0. The number of nitrogens with two attached hydrogens (primary N) is 2. The normalized spacial score (nSPS) is 11.8.